The van der Waals surface area contributed by atoms with Gasteiger partial charge in [-0.15, -0.1) is 0 Å². The highest BCUT2D eigenvalue weighted by molar-refractivity contribution is 9.10. The zero-order valence-electron chi connectivity index (χ0n) is 15.9. The second-order valence-electron chi connectivity index (χ2n) is 8.40. The number of nitrogens with zero attached hydrogens (tertiary/aromatic N) is 1. The zero-order chi connectivity index (χ0) is 18.3. The quantitative estimate of drug-likeness (QED) is 0.571. The second-order valence-corrected chi connectivity index (χ2v) is 9.32. The van der Waals surface area contributed by atoms with Crippen LogP contribution in [0.1, 0.15) is 56.9 Å². The van der Waals surface area contributed by atoms with Crippen LogP contribution in [0.4, 0.5) is 0 Å². The molecule has 0 atom stereocenters. The minimum absolute atomic E-state index is 0.343. The molecule has 1 aromatic heterocycles. The first kappa shape index (κ1) is 18.0. The molecule has 3 nitrogen and oxygen atoms in total. The van der Waals surface area contributed by atoms with E-state index >= 15 is 0 Å². The summed E-state index contributed by atoms with van der Waals surface area (Å²) >= 11 is 3.68. The monoisotopic (exact) mass is 429 g/mol. The van der Waals surface area contributed by atoms with Gasteiger partial charge in [-0.05, 0) is 49.0 Å². The molecule has 1 spiro atoms. The third kappa shape index (κ3) is 3.52. The average Bonchev–Trinajstić information content (AvgIpc) is 3.29. The zero-order valence-corrected chi connectivity index (χ0v) is 17.5. The lowest BCUT2D eigenvalue weighted by molar-refractivity contribution is -0.159. The molecule has 4 heteroatoms. The van der Waals surface area contributed by atoms with E-state index in [1.165, 1.54) is 54.1 Å². The van der Waals surface area contributed by atoms with Crippen LogP contribution in [0.3, 0.4) is 0 Å². The van der Waals surface area contributed by atoms with Crippen LogP contribution < -0.4 is 0 Å². The molecule has 2 fully saturated rings. The molecule has 0 bridgehead atoms. The summed E-state index contributed by atoms with van der Waals surface area (Å²) in [5, 5.41) is 1.37. The molecule has 3 aliphatic rings. The van der Waals surface area contributed by atoms with Gasteiger partial charge in [-0.1, -0.05) is 41.3 Å². The lowest BCUT2D eigenvalue weighted by Crippen LogP contribution is -2.31. The maximum atomic E-state index is 5.90. The largest absolute Gasteiger partial charge is 0.347 e. The molecular weight excluding hydrogens is 402 g/mol. The van der Waals surface area contributed by atoms with Gasteiger partial charge in [0, 0.05) is 46.5 Å². The molecular formula is C23H28BrNO2. The highest BCUT2D eigenvalue weighted by atomic mass is 79.9. The lowest BCUT2D eigenvalue weighted by Gasteiger charge is -2.30. The van der Waals surface area contributed by atoms with Crippen LogP contribution in [0.5, 0.6) is 0 Å². The Morgan fingerprint density at radius 2 is 1.93 bits per heavy atom. The van der Waals surface area contributed by atoms with E-state index in [2.05, 4.69) is 51.0 Å². The maximum absolute atomic E-state index is 5.90. The lowest BCUT2D eigenvalue weighted by atomic mass is 9.89. The number of hydrogen-bond donors (Lipinski definition) is 0. The highest BCUT2D eigenvalue weighted by Crippen LogP contribution is 2.41. The summed E-state index contributed by atoms with van der Waals surface area (Å²) in [6.45, 7) is 2.62. The van der Waals surface area contributed by atoms with Gasteiger partial charge < -0.3 is 14.0 Å². The molecule has 5 rings (SSSR count). The van der Waals surface area contributed by atoms with E-state index in [4.69, 9.17) is 9.47 Å². The molecule has 0 radical (unpaired) electrons. The molecule has 1 aliphatic heterocycles. The number of allylic oxidation sites excluding steroid dienone is 1. The van der Waals surface area contributed by atoms with Gasteiger partial charge >= 0.3 is 0 Å². The summed E-state index contributed by atoms with van der Waals surface area (Å²) in [5.74, 6) is 0.486. The van der Waals surface area contributed by atoms with Gasteiger partial charge in [-0.25, -0.2) is 0 Å². The maximum Gasteiger partial charge on any atom is 0.172 e. The van der Waals surface area contributed by atoms with Gasteiger partial charge in [0.15, 0.2) is 5.79 Å². The fraction of sp³-hybridized carbons (Fsp3) is 0.565. The Balaban J connectivity index is 1.48. The number of hydrogen-bond acceptors (Lipinski definition) is 2. The van der Waals surface area contributed by atoms with Crippen molar-refractivity contribution in [2.24, 2.45) is 5.92 Å². The van der Waals surface area contributed by atoms with Crippen LogP contribution in [-0.2, 0) is 16.0 Å². The first-order valence-electron chi connectivity index (χ1n) is 10.5. The van der Waals surface area contributed by atoms with Gasteiger partial charge in [0.05, 0.1) is 13.2 Å². The molecule has 0 unspecified atom stereocenters. The van der Waals surface area contributed by atoms with Gasteiger partial charge in [0.2, 0.25) is 0 Å². The van der Waals surface area contributed by atoms with Crippen molar-refractivity contribution in [2.45, 2.75) is 63.7 Å². The van der Waals surface area contributed by atoms with E-state index in [9.17, 15) is 0 Å². The third-order valence-corrected chi connectivity index (χ3v) is 7.11. The van der Waals surface area contributed by atoms with Crippen molar-refractivity contribution < 1.29 is 9.47 Å². The molecule has 1 aromatic carbocycles. The Kier molecular flexibility index (Phi) is 4.91. The predicted octanol–water partition coefficient (Wildman–Crippen LogP) is 6.29. The summed E-state index contributed by atoms with van der Waals surface area (Å²) in [4.78, 5) is 0. The normalized spacial score (nSPS) is 23.2. The van der Waals surface area contributed by atoms with Crippen molar-refractivity contribution >= 4 is 32.4 Å². The molecule has 2 aliphatic carbocycles. The number of ether oxygens (including phenoxy) is 2. The number of aromatic nitrogens is 1. The summed E-state index contributed by atoms with van der Waals surface area (Å²) in [5.41, 5.74) is 4.22. The smallest absolute Gasteiger partial charge is 0.172 e. The van der Waals surface area contributed by atoms with Crippen molar-refractivity contribution in [2.75, 3.05) is 13.2 Å². The molecule has 2 aromatic rings. The fourth-order valence-electron chi connectivity index (χ4n) is 5.14. The molecule has 0 amide bonds. The fourth-order valence-corrected chi connectivity index (χ4v) is 5.50. The first-order valence-corrected chi connectivity index (χ1v) is 11.3. The van der Waals surface area contributed by atoms with Crippen LogP contribution in [0, 0.1) is 5.92 Å². The minimum Gasteiger partial charge on any atom is -0.347 e. The van der Waals surface area contributed by atoms with Crippen LogP contribution in [0.25, 0.3) is 16.5 Å². The predicted molar refractivity (Wildman–Crippen MR) is 113 cm³/mol. The molecule has 0 N–H and O–H groups in total. The summed E-state index contributed by atoms with van der Waals surface area (Å²) in [6, 6.07) is 6.74. The molecule has 2 heterocycles. The number of benzene rings is 1. The Bertz CT molecular complexity index is 857. The highest BCUT2D eigenvalue weighted by Gasteiger charge is 2.38. The Morgan fingerprint density at radius 1 is 1.11 bits per heavy atom. The third-order valence-electron chi connectivity index (χ3n) is 6.62. The van der Waals surface area contributed by atoms with E-state index in [-0.39, 0.29) is 5.79 Å². The topological polar surface area (TPSA) is 23.4 Å². The number of fused-ring (bicyclic) bond motifs is 1. The van der Waals surface area contributed by atoms with Gasteiger partial charge in [-0.3, -0.25) is 0 Å². The van der Waals surface area contributed by atoms with Crippen LogP contribution >= 0.6 is 15.9 Å². The standard InChI is InChI=1S/C23H28BrNO2/c24-19-6-7-22-20(14-19)21(16-25(22)15-17-4-2-1-3-5-17)18-8-10-23(11-9-18)26-12-13-27-23/h6-8,14,16-17H,1-5,9-13,15H2. The van der Waals surface area contributed by atoms with Gasteiger partial charge in [0.25, 0.3) is 0 Å². The van der Waals surface area contributed by atoms with E-state index in [0.29, 0.717) is 0 Å². The van der Waals surface area contributed by atoms with Crippen molar-refractivity contribution in [3.05, 3.63) is 40.5 Å². The molecule has 27 heavy (non-hydrogen) atoms. The summed E-state index contributed by atoms with van der Waals surface area (Å²) < 4.78 is 15.5. The first-order chi connectivity index (χ1) is 13.2. The van der Waals surface area contributed by atoms with Crippen LogP contribution in [-0.4, -0.2) is 23.6 Å². The molecule has 1 saturated heterocycles. The van der Waals surface area contributed by atoms with Gasteiger partial charge in [0.1, 0.15) is 0 Å². The molecule has 144 valence electrons. The van der Waals surface area contributed by atoms with E-state index < -0.39 is 0 Å². The second kappa shape index (κ2) is 7.38. The van der Waals surface area contributed by atoms with Crippen LogP contribution in [0.15, 0.2) is 34.9 Å². The molecule has 1 saturated carbocycles. The van der Waals surface area contributed by atoms with Crippen LogP contribution in [0.2, 0.25) is 0 Å². The average molecular weight is 430 g/mol. The number of halogens is 1. The van der Waals surface area contributed by atoms with Crippen molar-refractivity contribution in [3.63, 3.8) is 0 Å². The SMILES string of the molecule is Brc1ccc2c(c1)c(C1=CCC3(CC1)OCCO3)cn2CC1CCCCC1. The van der Waals surface area contributed by atoms with E-state index in [0.717, 1.165) is 49.4 Å². The Morgan fingerprint density at radius 3 is 2.67 bits per heavy atom. The number of rotatable bonds is 3. The summed E-state index contributed by atoms with van der Waals surface area (Å²) in [6.07, 6.45) is 14.6. The van der Waals surface area contributed by atoms with Crippen molar-refractivity contribution in [3.8, 4) is 0 Å². The Labute approximate surface area is 169 Å². The van der Waals surface area contributed by atoms with Crippen molar-refractivity contribution in [1.82, 2.24) is 4.57 Å². The Hall–Kier alpha value is -1.10. The van der Waals surface area contributed by atoms with Crippen molar-refractivity contribution in [1.29, 1.82) is 0 Å². The van der Waals surface area contributed by atoms with E-state index in [1.807, 2.05) is 0 Å². The minimum atomic E-state index is -0.343. The summed E-state index contributed by atoms with van der Waals surface area (Å²) in [7, 11) is 0. The van der Waals surface area contributed by atoms with E-state index in [1.54, 1.807) is 0 Å². The van der Waals surface area contributed by atoms with Gasteiger partial charge in [-0.2, -0.15) is 0 Å².